The molecule has 70 valence electrons. The van der Waals surface area contributed by atoms with Crippen molar-refractivity contribution in [3.05, 3.63) is 0 Å². The molecule has 0 amide bonds. The van der Waals surface area contributed by atoms with Crippen LogP contribution in [-0.2, 0) is 4.79 Å². The molecule has 0 saturated carbocycles. The van der Waals surface area contributed by atoms with Crippen LogP contribution >= 0.6 is 0 Å². The Balaban J connectivity index is 2.64. The van der Waals surface area contributed by atoms with Crippen molar-refractivity contribution in [2.45, 2.75) is 27.7 Å². The minimum atomic E-state index is -0.176. The van der Waals surface area contributed by atoms with Crippen molar-refractivity contribution in [3.8, 4) is 0 Å². The first kappa shape index (κ1) is 9.72. The lowest BCUT2D eigenvalue weighted by atomic mass is 9.79. The van der Waals surface area contributed by atoms with Crippen LogP contribution < -0.4 is 5.32 Å². The standard InChI is InChI=1S/C10H19NO/c1-7-5-11-6-8(7)9(12)10(2,3)4/h7-8,11H,5-6H2,1-4H3. The Morgan fingerprint density at radius 3 is 2.25 bits per heavy atom. The third-order valence-corrected chi connectivity index (χ3v) is 2.59. The van der Waals surface area contributed by atoms with E-state index in [0.29, 0.717) is 11.7 Å². The SMILES string of the molecule is CC1CNCC1C(=O)C(C)(C)C. The molecule has 0 spiro atoms. The molecule has 0 aromatic rings. The topological polar surface area (TPSA) is 29.1 Å². The lowest BCUT2D eigenvalue weighted by molar-refractivity contribution is -0.130. The molecule has 2 unspecified atom stereocenters. The van der Waals surface area contributed by atoms with Crippen LogP contribution in [0.25, 0.3) is 0 Å². The van der Waals surface area contributed by atoms with Crippen molar-refractivity contribution in [1.29, 1.82) is 0 Å². The number of nitrogens with one attached hydrogen (secondary N) is 1. The van der Waals surface area contributed by atoms with Crippen molar-refractivity contribution in [1.82, 2.24) is 5.32 Å². The van der Waals surface area contributed by atoms with Gasteiger partial charge in [0.05, 0.1) is 0 Å². The average Bonchev–Trinajstić information content (AvgIpc) is 2.31. The zero-order valence-electron chi connectivity index (χ0n) is 8.48. The first-order chi connectivity index (χ1) is 5.43. The van der Waals surface area contributed by atoms with Crippen molar-refractivity contribution >= 4 is 5.78 Å². The molecule has 0 aromatic carbocycles. The molecule has 1 saturated heterocycles. The summed E-state index contributed by atoms with van der Waals surface area (Å²) >= 11 is 0. The van der Waals surface area contributed by atoms with Crippen molar-refractivity contribution in [3.63, 3.8) is 0 Å². The Morgan fingerprint density at radius 2 is 1.92 bits per heavy atom. The number of rotatable bonds is 1. The summed E-state index contributed by atoms with van der Waals surface area (Å²) in [6.07, 6.45) is 0. The summed E-state index contributed by atoms with van der Waals surface area (Å²) in [4.78, 5) is 11.8. The molecule has 0 aliphatic carbocycles. The van der Waals surface area contributed by atoms with Crippen LogP contribution in [0.5, 0.6) is 0 Å². The van der Waals surface area contributed by atoms with Gasteiger partial charge in [0.25, 0.3) is 0 Å². The largest absolute Gasteiger partial charge is 0.316 e. The van der Waals surface area contributed by atoms with Crippen LogP contribution in [0.15, 0.2) is 0 Å². The molecular formula is C10H19NO. The molecular weight excluding hydrogens is 150 g/mol. The fourth-order valence-electron chi connectivity index (χ4n) is 1.72. The van der Waals surface area contributed by atoms with Gasteiger partial charge in [-0.2, -0.15) is 0 Å². The third kappa shape index (κ3) is 1.86. The highest BCUT2D eigenvalue weighted by atomic mass is 16.1. The summed E-state index contributed by atoms with van der Waals surface area (Å²) in [5.41, 5.74) is -0.176. The quantitative estimate of drug-likeness (QED) is 0.644. The smallest absolute Gasteiger partial charge is 0.142 e. The van der Waals surface area contributed by atoms with Crippen molar-refractivity contribution in [2.75, 3.05) is 13.1 Å². The maximum atomic E-state index is 11.8. The lowest BCUT2D eigenvalue weighted by Gasteiger charge is -2.23. The predicted octanol–water partition coefficient (Wildman–Crippen LogP) is 1.46. The Kier molecular flexibility index (Phi) is 2.57. The van der Waals surface area contributed by atoms with E-state index in [9.17, 15) is 4.79 Å². The monoisotopic (exact) mass is 169 g/mol. The molecule has 1 heterocycles. The predicted molar refractivity (Wildman–Crippen MR) is 50.0 cm³/mol. The van der Waals surface area contributed by atoms with Gasteiger partial charge in [0.15, 0.2) is 0 Å². The molecule has 1 fully saturated rings. The van der Waals surface area contributed by atoms with Crippen molar-refractivity contribution < 1.29 is 4.79 Å². The summed E-state index contributed by atoms with van der Waals surface area (Å²) < 4.78 is 0. The molecule has 1 N–H and O–H groups in total. The minimum Gasteiger partial charge on any atom is -0.316 e. The maximum Gasteiger partial charge on any atom is 0.142 e. The number of carbonyl (C=O) groups excluding carboxylic acids is 1. The summed E-state index contributed by atoms with van der Waals surface area (Å²) in [5.74, 6) is 1.15. The number of ketones is 1. The number of carbonyl (C=O) groups is 1. The number of Topliss-reactive ketones (excluding diaryl/α,β-unsaturated/α-hetero) is 1. The first-order valence-corrected chi connectivity index (χ1v) is 4.68. The van der Waals surface area contributed by atoms with Gasteiger partial charge < -0.3 is 5.32 Å². The van der Waals surface area contributed by atoms with Gasteiger partial charge in [-0.25, -0.2) is 0 Å². The molecule has 0 aromatic heterocycles. The Labute approximate surface area is 74.7 Å². The third-order valence-electron chi connectivity index (χ3n) is 2.59. The van der Waals surface area contributed by atoms with Crippen LogP contribution in [0.4, 0.5) is 0 Å². The van der Waals surface area contributed by atoms with Gasteiger partial charge in [0, 0.05) is 17.9 Å². The molecule has 0 radical (unpaired) electrons. The van der Waals surface area contributed by atoms with E-state index in [1.807, 2.05) is 20.8 Å². The van der Waals surface area contributed by atoms with E-state index in [1.165, 1.54) is 0 Å². The zero-order chi connectivity index (χ0) is 9.35. The molecule has 12 heavy (non-hydrogen) atoms. The maximum absolute atomic E-state index is 11.8. The van der Waals surface area contributed by atoms with E-state index in [-0.39, 0.29) is 11.3 Å². The summed E-state index contributed by atoms with van der Waals surface area (Å²) in [5, 5.41) is 3.25. The van der Waals surface area contributed by atoms with Gasteiger partial charge in [-0.05, 0) is 12.5 Å². The fourth-order valence-corrected chi connectivity index (χ4v) is 1.72. The van der Waals surface area contributed by atoms with E-state index in [0.717, 1.165) is 13.1 Å². The van der Waals surface area contributed by atoms with Crippen molar-refractivity contribution in [2.24, 2.45) is 17.3 Å². The van der Waals surface area contributed by atoms with Crippen LogP contribution in [-0.4, -0.2) is 18.9 Å². The Hall–Kier alpha value is -0.370. The van der Waals surface area contributed by atoms with E-state index in [2.05, 4.69) is 12.2 Å². The second kappa shape index (κ2) is 3.17. The molecule has 0 bridgehead atoms. The molecule has 2 nitrogen and oxygen atoms in total. The van der Waals surface area contributed by atoms with E-state index in [4.69, 9.17) is 0 Å². The van der Waals surface area contributed by atoms with E-state index < -0.39 is 0 Å². The van der Waals surface area contributed by atoms with Gasteiger partial charge in [-0.1, -0.05) is 27.7 Å². The van der Waals surface area contributed by atoms with Crippen LogP contribution in [0, 0.1) is 17.3 Å². The molecule has 1 rings (SSSR count). The average molecular weight is 169 g/mol. The normalized spacial score (nSPS) is 30.7. The van der Waals surface area contributed by atoms with Crippen LogP contribution in [0.3, 0.4) is 0 Å². The molecule has 1 aliphatic rings. The highest BCUT2D eigenvalue weighted by Crippen LogP contribution is 2.26. The van der Waals surface area contributed by atoms with Crippen LogP contribution in [0.2, 0.25) is 0 Å². The second-order valence-electron chi connectivity index (χ2n) is 4.86. The molecule has 2 heteroatoms. The highest BCUT2D eigenvalue weighted by molar-refractivity contribution is 5.86. The number of hydrogen-bond donors (Lipinski definition) is 1. The zero-order valence-corrected chi connectivity index (χ0v) is 8.48. The van der Waals surface area contributed by atoms with E-state index in [1.54, 1.807) is 0 Å². The fraction of sp³-hybridized carbons (Fsp3) is 0.900. The van der Waals surface area contributed by atoms with Gasteiger partial charge in [0.1, 0.15) is 5.78 Å². The summed E-state index contributed by atoms with van der Waals surface area (Å²) in [6, 6.07) is 0. The van der Waals surface area contributed by atoms with Gasteiger partial charge in [0.2, 0.25) is 0 Å². The highest BCUT2D eigenvalue weighted by Gasteiger charge is 2.35. The van der Waals surface area contributed by atoms with E-state index >= 15 is 0 Å². The Bertz CT molecular complexity index is 181. The molecule has 1 aliphatic heterocycles. The minimum absolute atomic E-state index is 0.176. The van der Waals surface area contributed by atoms with Crippen LogP contribution in [0.1, 0.15) is 27.7 Å². The summed E-state index contributed by atoms with van der Waals surface area (Å²) in [7, 11) is 0. The van der Waals surface area contributed by atoms with Gasteiger partial charge >= 0.3 is 0 Å². The number of hydrogen-bond acceptors (Lipinski definition) is 2. The second-order valence-corrected chi connectivity index (χ2v) is 4.86. The van der Waals surface area contributed by atoms with Gasteiger partial charge in [-0.15, -0.1) is 0 Å². The Morgan fingerprint density at radius 1 is 1.33 bits per heavy atom. The van der Waals surface area contributed by atoms with Gasteiger partial charge in [-0.3, -0.25) is 4.79 Å². The summed E-state index contributed by atoms with van der Waals surface area (Å²) in [6.45, 7) is 10.0. The molecule has 2 atom stereocenters. The first-order valence-electron chi connectivity index (χ1n) is 4.68. The lowest BCUT2D eigenvalue weighted by Crippen LogP contribution is -2.32.